The molecule has 0 bridgehead atoms. The van der Waals surface area contributed by atoms with Crippen LogP contribution in [0, 0.1) is 0 Å². The average molecular weight is 313 g/mol. The molecule has 0 aliphatic carbocycles. The third-order valence-corrected chi connectivity index (χ3v) is 3.86. The van der Waals surface area contributed by atoms with Crippen molar-refractivity contribution in [1.82, 2.24) is 10.6 Å². The third-order valence-electron chi connectivity index (χ3n) is 3.61. The van der Waals surface area contributed by atoms with Gasteiger partial charge in [-0.1, -0.05) is 37.6 Å². The van der Waals surface area contributed by atoms with Crippen LogP contribution in [0.3, 0.4) is 0 Å². The van der Waals surface area contributed by atoms with E-state index in [-0.39, 0.29) is 12.5 Å². The Morgan fingerprint density at radius 3 is 2.24 bits per heavy atom. The molecule has 1 aromatic rings. The average Bonchev–Trinajstić information content (AvgIpc) is 2.48. The summed E-state index contributed by atoms with van der Waals surface area (Å²) >= 11 is 5.78. The van der Waals surface area contributed by atoms with E-state index >= 15 is 0 Å². The zero-order chi connectivity index (χ0) is 15.9. The normalized spacial score (nSPS) is 11.2. The van der Waals surface area contributed by atoms with Crippen molar-refractivity contribution in [2.75, 3.05) is 6.54 Å². The Bertz CT molecular complexity index is 484. The number of halogens is 1. The Morgan fingerprint density at radius 2 is 1.76 bits per heavy atom. The monoisotopic (exact) mass is 312 g/mol. The first kappa shape index (κ1) is 17.5. The molecule has 3 N–H and O–H groups in total. The number of nitrogens with one attached hydrogen (secondary N) is 2. The molecule has 6 heteroatoms. The zero-order valence-corrected chi connectivity index (χ0v) is 13.0. The highest BCUT2D eigenvalue weighted by atomic mass is 35.5. The molecule has 0 heterocycles. The number of amides is 1. The number of carboxylic acid groups (broad SMARTS) is 1. The predicted molar refractivity (Wildman–Crippen MR) is 82.3 cm³/mol. The van der Waals surface area contributed by atoms with Gasteiger partial charge in [0.1, 0.15) is 5.54 Å². The number of carboxylic acids is 1. The molecule has 0 fully saturated rings. The molecular formula is C15H21ClN2O3. The fraction of sp³-hybridized carbons (Fsp3) is 0.467. The minimum absolute atomic E-state index is 0.0262. The Balaban J connectivity index is 2.46. The molecule has 0 aliphatic rings. The molecule has 1 aromatic carbocycles. The Hall–Kier alpha value is -1.59. The number of benzene rings is 1. The van der Waals surface area contributed by atoms with E-state index in [2.05, 4.69) is 10.6 Å². The van der Waals surface area contributed by atoms with Crippen LogP contribution >= 0.6 is 11.6 Å². The van der Waals surface area contributed by atoms with Gasteiger partial charge in [0, 0.05) is 11.6 Å². The van der Waals surface area contributed by atoms with Crippen molar-refractivity contribution in [3.8, 4) is 0 Å². The summed E-state index contributed by atoms with van der Waals surface area (Å²) in [5.74, 6) is -1.17. The van der Waals surface area contributed by atoms with Crippen LogP contribution in [-0.2, 0) is 16.1 Å². The molecule has 116 valence electrons. The van der Waals surface area contributed by atoms with Gasteiger partial charge in [0.2, 0.25) is 5.91 Å². The van der Waals surface area contributed by atoms with Gasteiger partial charge in [-0.15, -0.1) is 0 Å². The largest absolute Gasteiger partial charge is 0.480 e. The molecule has 1 rings (SSSR count). The van der Waals surface area contributed by atoms with Crippen molar-refractivity contribution < 1.29 is 14.7 Å². The summed E-state index contributed by atoms with van der Waals surface area (Å²) in [6, 6.07) is 7.17. The van der Waals surface area contributed by atoms with E-state index in [0.29, 0.717) is 24.4 Å². The molecule has 1 amide bonds. The van der Waals surface area contributed by atoms with E-state index in [4.69, 9.17) is 11.6 Å². The van der Waals surface area contributed by atoms with E-state index < -0.39 is 11.5 Å². The van der Waals surface area contributed by atoms with Crippen molar-refractivity contribution in [2.24, 2.45) is 0 Å². The van der Waals surface area contributed by atoms with Gasteiger partial charge in [0.15, 0.2) is 0 Å². The van der Waals surface area contributed by atoms with E-state index in [1.807, 2.05) is 12.1 Å². The van der Waals surface area contributed by atoms with Crippen LogP contribution in [0.4, 0.5) is 0 Å². The molecule has 0 aromatic heterocycles. The molecule has 0 radical (unpaired) electrons. The maximum absolute atomic E-state index is 11.8. The Labute approximate surface area is 129 Å². The first-order valence-corrected chi connectivity index (χ1v) is 7.31. The van der Waals surface area contributed by atoms with Crippen LogP contribution in [0.1, 0.15) is 32.3 Å². The fourth-order valence-corrected chi connectivity index (χ4v) is 2.12. The molecule has 0 spiro atoms. The van der Waals surface area contributed by atoms with Gasteiger partial charge < -0.3 is 10.4 Å². The summed E-state index contributed by atoms with van der Waals surface area (Å²) in [4.78, 5) is 23.1. The predicted octanol–water partition coefficient (Wildman–Crippen LogP) is 2.19. The summed E-state index contributed by atoms with van der Waals surface area (Å²) in [7, 11) is 0. The first-order chi connectivity index (χ1) is 9.93. The summed E-state index contributed by atoms with van der Waals surface area (Å²) in [6.45, 7) is 3.93. The second kappa shape index (κ2) is 8.00. The Morgan fingerprint density at radius 1 is 1.19 bits per heavy atom. The summed E-state index contributed by atoms with van der Waals surface area (Å²) in [5, 5.41) is 15.5. The van der Waals surface area contributed by atoms with Crippen molar-refractivity contribution in [2.45, 2.75) is 38.8 Å². The number of hydrogen-bond donors (Lipinski definition) is 3. The maximum atomic E-state index is 11.8. The standard InChI is InChI=1S/C15H21ClN2O3/c1-3-15(4-2,14(20)21)18-10-13(19)17-9-11-5-7-12(16)8-6-11/h5-8,18H,3-4,9-10H2,1-2H3,(H,17,19)(H,20,21). The van der Waals surface area contributed by atoms with Crippen molar-refractivity contribution >= 4 is 23.5 Å². The number of carbonyl (C=O) groups excluding carboxylic acids is 1. The minimum Gasteiger partial charge on any atom is -0.480 e. The quantitative estimate of drug-likeness (QED) is 0.687. The lowest BCUT2D eigenvalue weighted by Crippen LogP contribution is -2.54. The highest BCUT2D eigenvalue weighted by Gasteiger charge is 2.34. The van der Waals surface area contributed by atoms with E-state index in [1.54, 1.807) is 26.0 Å². The zero-order valence-electron chi connectivity index (χ0n) is 12.3. The molecule has 5 nitrogen and oxygen atoms in total. The van der Waals surface area contributed by atoms with E-state index in [9.17, 15) is 14.7 Å². The summed E-state index contributed by atoms with van der Waals surface area (Å²) in [5.41, 5.74) is -0.110. The molecule has 0 aliphatic heterocycles. The molecule has 21 heavy (non-hydrogen) atoms. The number of rotatable bonds is 8. The number of hydrogen-bond acceptors (Lipinski definition) is 3. The Kier molecular flexibility index (Phi) is 6.65. The molecule has 0 unspecified atom stereocenters. The van der Waals surface area contributed by atoms with Crippen LogP contribution in [0.2, 0.25) is 5.02 Å². The smallest absolute Gasteiger partial charge is 0.323 e. The second-order valence-corrected chi connectivity index (χ2v) is 5.29. The van der Waals surface area contributed by atoms with Gasteiger partial charge in [-0.3, -0.25) is 14.9 Å². The van der Waals surface area contributed by atoms with Crippen molar-refractivity contribution in [1.29, 1.82) is 0 Å². The van der Waals surface area contributed by atoms with Gasteiger partial charge in [-0.2, -0.15) is 0 Å². The lowest BCUT2D eigenvalue weighted by Gasteiger charge is -2.27. The van der Waals surface area contributed by atoms with Crippen LogP contribution in [0.15, 0.2) is 24.3 Å². The van der Waals surface area contributed by atoms with Gasteiger partial charge in [0.05, 0.1) is 6.54 Å². The first-order valence-electron chi connectivity index (χ1n) is 6.93. The number of carbonyl (C=O) groups is 2. The lowest BCUT2D eigenvalue weighted by atomic mass is 9.93. The summed E-state index contributed by atoms with van der Waals surface area (Å²) in [6.07, 6.45) is 0.840. The van der Waals surface area contributed by atoms with Crippen LogP contribution in [-0.4, -0.2) is 29.1 Å². The maximum Gasteiger partial charge on any atom is 0.323 e. The SMILES string of the molecule is CCC(CC)(NCC(=O)NCc1ccc(Cl)cc1)C(=O)O. The number of aliphatic carboxylic acids is 1. The minimum atomic E-state index is -1.04. The van der Waals surface area contributed by atoms with Gasteiger partial charge in [0.25, 0.3) is 0 Å². The molecule has 0 atom stereocenters. The summed E-state index contributed by atoms with van der Waals surface area (Å²) < 4.78 is 0. The van der Waals surface area contributed by atoms with Crippen LogP contribution in [0.5, 0.6) is 0 Å². The molecular weight excluding hydrogens is 292 g/mol. The third kappa shape index (κ3) is 5.02. The van der Waals surface area contributed by atoms with E-state index in [0.717, 1.165) is 5.56 Å². The lowest BCUT2D eigenvalue weighted by molar-refractivity contribution is -0.145. The van der Waals surface area contributed by atoms with Gasteiger partial charge >= 0.3 is 5.97 Å². The van der Waals surface area contributed by atoms with E-state index in [1.165, 1.54) is 0 Å². The van der Waals surface area contributed by atoms with Gasteiger partial charge in [-0.25, -0.2) is 0 Å². The highest BCUT2D eigenvalue weighted by molar-refractivity contribution is 6.30. The fourth-order valence-electron chi connectivity index (χ4n) is 1.99. The molecule has 0 saturated heterocycles. The highest BCUT2D eigenvalue weighted by Crippen LogP contribution is 2.15. The van der Waals surface area contributed by atoms with Crippen LogP contribution in [0.25, 0.3) is 0 Å². The van der Waals surface area contributed by atoms with Crippen molar-refractivity contribution in [3.63, 3.8) is 0 Å². The van der Waals surface area contributed by atoms with Gasteiger partial charge in [-0.05, 0) is 30.5 Å². The topological polar surface area (TPSA) is 78.4 Å². The molecule has 0 saturated carbocycles. The second-order valence-electron chi connectivity index (χ2n) is 4.85. The van der Waals surface area contributed by atoms with Crippen molar-refractivity contribution in [3.05, 3.63) is 34.9 Å². The van der Waals surface area contributed by atoms with Crippen LogP contribution < -0.4 is 10.6 Å².